The molecule has 4 nitrogen and oxygen atoms in total. The van der Waals surface area contributed by atoms with E-state index in [2.05, 4.69) is 46.4 Å². The molecule has 1 saturated heterocycles. The molecule has 0 aliphatic carbocycles. The van der Waals surface area contributed by atoms with Crippen LogP contribution in [0.3, 0.4) is 0 Å². The van der Waals surface area contributed by atoms with Gasteiger partial charge in [-0.3, -0.25) is 9.69 Å². The zero-order valence-electron chi connectivity index (χ0n) is 14.9. The Bertz CT molecular complexity index is 661. The van der Waals surface area contributed by atoms with Crippen LogP contribution in [0.25, 0.3) is 0 Å². The molecule has 0 radical (unpaired) electrons. The maximum atomic E-state index is 12.1. The van der Waals surface area contributed by atoms with E-state index in [0.29, 0.717) is 6.42 Å². The van der Waals surface area contributed by atoms with Crippen molar-refractivity contribution >= 4 is 11.6 Å². The van der Waals surface area contributed by atoms with Gasteiger partial charge >= 0.3 is 0 Å². The SMILES string of the molecule is CN1CCN(Cc2ccc(NC(=O)CCc3ccccc3)cc2)CC1. The summed E-state index contributed by atoms with van der Waals surface area (Å²) >= 11 is 0. The zero-order chi connectivity index (χ0) is 17.5. The van der Waals surface area contributed by atoms with E-state index >= 15 is 0 Å². The number of nitrogens with zero attached hydrogens (tertiary/aromatic N) is 2. The Kier molecular flexibility index (Phi) is 6.20. The van der Waals surface area contributed by atoms with E-state index in [1.807, 2.05) is 30.3 Å². The Morgan fingerprint density at radius 2 is 1.60 bits per heavy atom. The van der Waals surface area contributed by atoms with Gasteiger partial charge in [0.25, 0.3) is 0 Å². The van der Waals surface area contributed by atoms with E-state index in [9.17, 15) is 4.79 Å². The molecule has 0 atom stereocenters. The van der Waals surface area contributed by atoms with Gasteiger partial charge in [-0.25, -0.2) is 0 Å². The van der Waals surface area contributed by atoms with E-state index in [-0.39, 0.29) is 5.91 Å². The van der Waals surface area contributed by atoms with Crippen LogP contribution < -0.4 is 5.32 Å². The summed E-state index contributed by atoms with van der Waals surface area (Å²) in [6.45, 7) is 5.49. The fraction of sp³-hybridized carbons (Fsp3) is 0.381. The smallest absolute Gasteiger partial charge is 0.224 e. The van der Waals surface area contributed by atoms with Crippen LogP contribution >= 0.6 is 0 Å². The van der Waals surface area contributed by atoms with Crippen molar-refractivity contribution in [2.75, 3.05) is 38.5 Å². The van der Waals surface area contributed by atoms with Crippen LogP contribution in [0.1, 0.15) is 17.5 Å². The van der Waals surface area contributed by atoms with Gasteiger partial charge < -0.3 is 10.2 Å². The van der Waals surface area contributed by atoms with Crippen LogP contribution in [0, 0.1) is 0 Å². The first-order chi connectivity index (χ1) is 12.2. The predicted octanol–water partition coefficient (Wildman–Crippen LogP) is 3.01. The van der Waals surface area contributed by atoms with Gasteiger partial charge in [-0.2, -0.15) is 0 Å². The largest absolute Gasteiger partial charge is 0.326 e. The summed E-state index contributed by atoms with van der Waals surface area (Å²) < 4.78 is 0. The number of amides is 1. The lowest BCUT2D eigenvalue weighted by Crippen LogP contribution is -2.43. The third kappa shape index (κ3) is 5.69. The number of aryl methyl sites for hydroxylation is 1. The highest BCUT2D eigenvalue weighted by Crippen LogP contribution is 2.13. The topological polar surface area (TPSA) is 35.6 Å². The van der Waals surface area contributed by atoms with Gasteiger partial charge in [-0.1, -0.05) is 42.5 Å². The molecule has 0 spiro atoms. The third-order valence-corrected chi connectivity index (χ3v) is 4.72. The second-order valence-electron chi connectivity index (χ2n) is 6.81. The van der Waals surface area contributed by atoms with Crippen LogP contribution in [0.15, 0.2) is 54.6 Å². The second kappa shape index (κ2) is 8.79. The van der Waals surface area contributed by atoms with E-state index in [4.69, 9.17) is 0 Å². The summed E-state index contributed by atoms with van der Waals surface area (Å²) in [7, 11) is 2.17. The number of hydrogen-bond acceptors (Lipinski definition) is 3. The summed E-state index contributed by atoms with van der Waals surface area (Å²) in [6, 6.07) is 18.4. The molecule has 1 fully saturated rings. The van der Waals surface area contributed by atoms with Crippen molar-refractivity contribution in [2.45, 2.75) is 19.4 Å². The number of benzene rings is 2. The number of piperazine rings is 1. The van der Waals surface area contributed by atoms with Crippen molar-refractivity contribution in [3.05, 3.63) is 65.7 Å². The Morgan fingerprint density at radius 3 is 2.28 bits per heavy atom. The van der Waals surface area contributed by atoms with Crippen molar-refractivity contribution in [2.24, 2.45) is 0 Å². The summed E-state index contributed by atoms with van der Waals surface area (Å²) in [5.74, 6) is 0.0654. The third-order valence-electron chi connectivity index (χ3n) is 4.72. The first kappa shape index (κ1) is 17.6. The minimum Gasteiger partial charge on any atom is -0.326 e. The molecule has 1 amide bonds. The van der Waals surface area contributed by atoms with Crippen molar-refractivity contribution in [1.29, 1.82) is 0 Å². The van der Waals surface area contributed by atoms with Crippen LogP contribution in [-0.4, -0.2) is 48.9 Å². The molecule has 0 aromatic heterocycles. The van der Waals surface area contributed by atoms with Gasteiger partial charge in [0.05, 0.1) is 0 Å². The summed E-state index contributed by atoms with van der Waals surface area (Å²) in [4.78, 5) is 16.9. The minimum absolute atomic E-state index is 0.0654. The van der Waals surface area contributed by atoms with Crippen LogP contribution in [-0.2, 0) is 17.8 Å². The predicted molar refractivity (Wildman–Crippen MR) is 103 cm³/mol. The number of rotatable bonds is 6. The summed E-state index contributed by atoms with van der Waals surface area (Å²) in [6.07, 6.45) is 1.28. The van der Waals surface area contributed by atoms with Gasteiger partial charge in [0.1, 0.15) is 0 Å². The molecule has 4 heteroatoms. The Balaban J connectivity index is 1.44. The van der Waals surface area contributed by atoms with Gasteiger partial charge in [-0.05, 0) is 36.7 Å². The van der Waals surface area contributed by atoms with Crippen LogP contribution in [0.5, 0.6) is 0 Å². The summed E-state index contributed by atoms with van der Waals surface area (Å²) in [5, 5.41) is 2.99. The molecule has 1 heterocycles. The molecular weight excluding hydrogens is 310 g/mol. The van der Waals surface area contributed by atoms with E-state index < -0.39 is 0 Å². The lowest BCUT2D eigenvalue weighted by molar-refractivity contribution is -0.116. The van der Waals surface area contributed by atoms with E-state index in [1.54, 1.807) is 0 Å². The fourth-order valence-electron chi connectivity index (χ4n) is 3.08. The highest BCUT2D eigenvalue weighted by molar-refractivity contribution is 5.90. The zero-order valence-corrected chi connectivity index (χ0v) is 14.9. The number of carbonyl (C=O) groups is 1. The number of likely N-dealkylation sites (N-methyl/N-ethyl adjacent to an activating group) is 1. The lowest BCUT2D eigenvalue weighted by Gasteiger charge is -2.32. The average Bonchev–Trinajstić information content (AvgIpc) is 2.64. The standard InChI is InChI=1S/C21H27N3O/c1-23-13-15-24(16-14-23)17-19-7-10-20(11-8-19)22-21(25)12-9-18-5-3-2-4-6-18/h2-8,10-11H,9,12-17H2,1H3,(H,22,25). The molecule has 0 saturated carbocycles. The quantitative estimate of drug-likeness (QED) is 0.880. The first-order valence-corrected chi connectivity index (χ1v) is 9.03. The monoisotopic (exact) mass is 337 g/mol. The highest BCUT2D eigenvalue weighted by Gasteiger charge is 2.13. The van der Waals surface area contributed by atoms with Gasteiger partial charge in [0.15, 0.2) is 0 Å². The number of carbonyl (C=O) groups excluding carboxylic acids is 1. The Labute approximate surface area is 150 Å². The van der Waals surface area contributed by atoms with Crippen molar-refractivity contribution in [1.82, 2.24) is 9.80 Å². The van der Waals surface area contributed by atoms with Gasteiger partial charge in [0.2, 0.25) is 5.91 Å². The molecule has 1 N–H and O–H groups in total. The van der Waals surface area contributed by atoms with E-state index in [1.165, 1.54) is 11.1 Å². The number of nitrogens with one attached hydrogen (secondary N) is 1. The molecule has 132 valence electrons. The summed E-state index contributed by atoms with van der Waals surface area (Å²) in [5.41, 5.74) is 3.37. The van der Waals surface area contributed by atoms with Crippen molar-refractivity contribution < 1.29 is 4.79 Å². The van der Waals surface area contributed by atoms with Gasteiger partial charge in [0, 0.05) is 44.8 Å². The molecule has 0 unspecified atom stereocenters. The Morgan fingerprint density at radius 1 is 0.920 bits per heavy atom. The Hall–Kier alpha value is -2.17. The maximum absolute atomic E-state index is 12.1. The maximum Gasteiger partial charge on any atom is 0.224 e. The molecule has 0 bridgehead atoms. The number of hydrogen-bond donors (Lipinski definition) is 1. The highest BCUT2D eigenvalue weighted by atomic mass is 16.1. The normalized spacial score (nSPS) is 15.9. The van der Waals surface area contributed by atoms with Crippen molar-refractivity contribution in [3.8, 4) is 0 Å². The van der Waals surface area contributed by atoms with Crippen molar-refractivity contribution in [3.63, 3.8) is 0 Å². The average molecular weight is 337 g/mol. The molecule has 3 rings (SSSR count). The van der Waals surface area contributed by atoms with Crippen LogP contribution in [0.4, 0.5) is 5.69 Å². The fourth-order valence-corrected chi connectivity index (χ4v) is 3.08. The molecule has 1 aliphatic rings. The second-order valence-corrected chi connectivity index (χ2v) is 6.81. The lowest BCUT2D eigenvalue weighted by atomic mass is 10.1. The van der Waals surface area contributed by atoms with E-state index in [0.717, 1.165) is 44.8 Å². The van der Waals surface area contributed by atoms with Gasteiger partial charge in [-0.15, -0.1) is 0 Å². The molecular formula is C21H27N3O. The molecule has 2 aromatic rings. The molecule has 25 heavy (non-hydrogen) atoms. The molecule has 1 aliphatic heterocycles. The number of anilines is 1. The van der Waals surface area contributed by atoms with Crippen LogP contribution in [0.2, 0.25) is 0 Å². The molecule has 2 aromatic carbocycles. The minimum atomic E-state index is 0.0654. The first-order valence-electron chi connectivity index (χ1n) is 9.03.